The van der Waals surface area contributed by atoms with Gasteiger partial charge in [-0.25, -0.2) is 13.2 Å². The summed E-state index contributed by atoms with van der Waals surface area (Å²) in [7, 11) is -1.45. The molecule has 2 aliphatic heterocycles. The number of ether oxygens (including phenoxy) is 4. The summed E-state index contributed by atoms with van der Waals surface area (Å²) in [6.07, 6.45) is -3.15. The Morgan fingerprint density at radius 1 is 0.768 bits per heavy atom. The standard InChI is InChI=1S/C47H47BF8N6O7/c49-35-7-9-36(10-8-35)60(45(65)30-33-5-6-34(46(50,51)52)31-40(33)47(53,54)55)21-2-1-18-58-44(64)17-22-66-24-26-68-28-29-69-27-25-67-23-20-59-43(63)16-14-37-11-12-38-32-39-13-15-42(41-4-3-19-57-41)62(39)48(56)61(37)38/h3-13,15,19,31-32H,14,16-18,20-30H2,(H2,58,59,63,64)/p+1. The van der Waals surface area contributed by atoms with Crippen molar-refractivity contribution in [2.24, 2.45) is 0 Å². The fourth-order valence-corrected chi connectivity index (χ4v) is 7.21. The molecule has 0 saturated carbocycles. The van der Waals surface area contributed by atoms with Crippen LogP contribution in [0, 0.1) is 17.7 Å². The molecule has 6 rings (SSSR count). The van der Waals surface area contributed by atoms with Gasteiger partial charge in [0.15, 0.2) is 5.70 Å². The normalized spacial score (nSPS) is 13.2. The van der Waals surface area contributed by atoms with Gasteiger partial charge in [-0.3, -0.25) is 18.9 Å². The number of aromatic amines is 1. The van der Waals surface area contributed by atoms with Crippen LogP contribution < -0.4 is 15.5 Å². The topological polar surface area (TPSA) is 139 Å². The summed E-state index contributed by atoms with van der Waals surface area (Å²) in [5.74, 6) is 3.07. The van der Waals surface area contributed by atoms with Gasteiger partial charge in [-0.15, -0.1) is 0 Å². The second kappa shape index (κ2) is 24.7. The number of carbonyl (C=O) groups excluding carboxylic acids is 3. The van der Waals surface area contributed by atoms with Crippen molar-refractivity contribution in [3.05, 3.63) is 130 Å². The smallest absolute Gasteiger partial charge is 0.379 e. The minimum Gasteiger partial charge on any atom is -0.379 e. The van der Waals surface area contributed by atoms with Crippen molar-refractivity contribution in [3.8, 4) is 11.8 Å². The minimum atomic E-state index is -5.18. The van der Waals surface area contributed by atoms with Crippen LogP contribution in [-0.2, 0) is 58.5 Å². The average Bonchev–Trinajstić information content (AvgIpc) is 4.09. The largest absolute Gasteiger partial charge is 0.846 e. The summed E-state index contributed by atoms with van der Waals surface area (Å²) in [5.41, 5.74) is -0.00422. The third-order valence-electron chi connectivity index (χ3n) is 10.6. The van der Waals surface area contributed by atoms with E-state index in [1.807, 2.05) is 42.5 Å². The van der Waals surface area contributed by atoms with Crippen molar-refractivity contribution in [2.75, 3.05) is 77.4 Å². The molecule has 0 bridgehead atoms. The van der Waals surface area contributed by atoms with Crippen molar-refractivity contribution in [1.29, 1.82) is 0 Å². The molecule has 0 spiro atoms. The van der Waals surface area contributed by atoms with Crippen LogP contribution in [0.1, 0.15) is 46.6 Å². The number of carbonyl (C=O) groups is 3. The number of benzene rings is 2. The lowest BCUT2D eigenvalue weighted by molar-refractivity contribution is -0.333. The van der Waals surface area contributed by atoms with Crippen LogP contribution in [0.25, 0.3) is 6.08 Å². The first-order chi connectivity index (χ1) is 33.1. The van der Waals surface area contributed by atoms with Gasteiger partial charge < -0.3 is 39.5 Å². The monoisotopic (exact) mass is 971 g/mol. The summed E-state index contributed by atoms with van der Waals surface area (Å²) in [4.78, 5) is 42.0. The Kier molecular flexibility index (Phi) is 18.5. The molecule has 0 unspecified atom stereocenters. The zero-order valence-electron chi connectivity index (χ0n) is 37.1. The molecule has 13 nitrogen and oxygen atoms in total. The molecule has 0 fully saturated rings. The van der Waals surface area contributed by atoms with E-state index in [9.17, 15) is 45.1 Å². The number of aromatic nitrogens is 2. The highest BCUT2D eigenvalue weighted by Gasteiger charge is 2.48. The number of nitrogens with zero attached hydrogens (tertiary/aromatic N) is 3. The Balaban J connectivity index is 0.771. The number of amides is 3. The van der Waals surface area contributed by atoms with E-state index in [-0.39, 0.29) is 70.0 Å². The molecule has 22 heteroatoms. The van der Waals surface area contributed by atoms with Gasteiger partial charge in [-0.05, 0) is 72.6 Å². The first kappa shape index (κ1) is 51.8. The molecule has 2 aromatic heterocycles. The van der Waals surface area contributed by atoms with Crippen LogP contribution in [0.4, 0.5) is 40.7 Å². The zero-order valence-corrected chi connectivity index (χ0v) is 37.1. The van der Waals surface area contributed by atoms with E-state index in [2.05, 4.69) is 27.5 Å². The van der Waals surface area contributed by atoms with Crippen LogP contribution in [0.15, 0.2) is 90.8 Å². The Morgan fingerprint density at radius 2 is 1.45 bits per heavy atom. The first-order valence-corrected chi connectivity index (χ1v) is 21.8. The molecule has 0 saturated heterocycles. The predicted octanol–water partition coefficient (Wildman–Crippen LogP) is 6.12. The van der Waals surface area contributed by atoms with E-state index in [1.165, 1.54) is 12.1 Å². The highest BCUT2D eigenvalue weighted by Crippen LogP contribution is 2.38. The van der Waals surface area contributed by atoms with Gasteiger partial charge in [0.25, 0.3) is 0 Å². The number of H-pyrrole nitrogens is 1. The molecule has 4 aromatic rings. The highest BCUT2D eigenvalue weighted by atomic mass is 19.4. The number of nitrogens with one attached hydrogen (secondary N) is 3. The minimum absolute atomic E-state index is 0.00893. The zero-order chi connectivity index (χ0) is 49.4. The maximum atomic E-state index is 15.9. The van der Waals surface area contributed by atoms with Gasteiger partial charge >= 0.3 is 19.6 Å². The van der Waals surface area contributed by atoms with Gasteiger partial charge in [-0.1, -0.05) is 17.9 Å². The van der Waals surface area contributed by atoms with E-state index >= 15 is 4.32 Å². The molecule has 0 aliphatic carbocycles. The molecule has 69 heavy (non-hydrogen) atoms. The second-order valence-electron chi connectivity index (χ2n) is 15.4. The van der Waals surface area contributed by atoms with Crippen molar-refractivity contribution in [2.45, 2.75) is 38.0 Å². The highest BCUT2D eigenvalue weighted by molar-refractivity contribution is 6.43. The Hall–Kier alpha value is -6.54. The van der Waals surface area contributed by atoms with Crippen molar-refractivity contribution < 1.29 is 72.9 Å². The molecule has 3 N–H and O–H groups in total. The van der Waals surface area contributed by atoms with E-state index < -0.39 is 60.4 Å². The summed E-state index contributed by atoms with van der Waals surface area (Å²) < 4.78 is 135. The number of alkyl halides is 6. The van der Waals surface area contributed by atoms with Crippen molar-refractivity contribution in [1.82, 2.24) is 20.1 Å². The number of fused-ring (bicyclic) bond motifs is 2. The fourth-order valence-electron chi connectivity index (χ4n) is 7.21. The summed E-state index contributed by atoms with van der Waals surface area (Å²) in [6.45, 7) is 1.79. The maximum absolute atomic E-state index is 15.9. The van der Waals surface area contributed by atoms with E-state index in [4.69, 9.17) is 18.9 Å². The Bertz CT molecular complexity index is 2550. The average molecular weight is 972 g/mol. The van der Waals surface area contributed by atoms with Crippen LogP contribution in [-0.4, -0.2) is 117 Å². The number of allylic oxidation sites excluding steroid dienone is 2. The van der Waals surface area contributed by atoms with E-state index in [0.717, 1.165) is 39.8 Å². The van der Waals surface area contributed by atoms with Crippen molar-refractivity contribution in [3.63, 3.8) is 0 Å². The van der Waals surface area contributed by atoms with Crippen LogP contribution in [0.2, 0.25) is 0 Å². The van der Waals surface area contributed by atoms with E-state index in [1.54, 1.807) is 15.2 Å². The third-order valence-corrected chi connectivity index (χ3v) is 10.6. The van der Waals surface area contributed by atoms with Gasteiger partial charge in [0.05, 0.1) is 83.5 Å². The van der Waals surface area contributed by atoms with Gasteiger partial charge in [0.1, 0.15) is 11.5 Å². The lowest BCUT2D eigenvalue weighted by Crippen LogP contribution is -2.40. The Labute approximate surface area is 392 Å². The molecule has 2 aromatic carbocycles. The summed E-state index contributed by atoms with van der Waals surface area (Å²) >= 11 is 0. The second-order valence-corrected chi connectivity index (χ2v) is 15.4. The lowest BCUT2D eigenvalue weighted by Gasteiger charge is -2.22. The number of halogens is 8. The molecule has 3 amide bonds. The van der Waals surface area contributed by atoms with E-state index in [0.29, 0.717) is 57.2 Å². The lowest BCUT2D eigenvalue weighted by atomic mass is 9.96. The first-order valence-electron chi connectivity index (χ1n) is 21.8. The van der Waals surface area contributed by atoms with Gasteiger partial charge in [-0.2, -0.15) is 26.3 Å². The molecule has 2 aliphatic rings. The van der Waals surface area contributed by atoms with Gasteiger partial charge in [0, 0.05) is 60.9 Å². The fraction of sp³-hybridized carbons (Fsp3) is 0.362. The molecule has 0 radical (unpaired) electrons. The Morgan fingerprint density at radius 3 is 2.12 bits per heavy atom. The molecular formula is C47H48BF8N6O7+. The van der Waals surface area contributed by atoms with Crippen LogP contribution in [0.5, 0.6) is 0 Å². The number of anilines is 1. The maximum Gasteiger partial charge on any atom is 0.846 e. The summed E-state index contributed by atoms with van der Waals surface area (Å²) in [6, 6.07) is 12.9. The number of hydrogen-bond acceptors (Lipinski definition) is 7. The molecule has 0 atom stereocenters. The van der Waals surface area contributed by atoms with Crippen molar-refractivity contribution >= 4 is 42.5 Å². The molecule has 4 heterocycles. The SMILES string of the molecule is O=C(CCOCCOCCOCCOCCNC(=O)CCc1ccc2n1B(F)[N+]1=C(c3ccc[nH]3)C=CC1=C2)NCC#CCN(C(=O)Cc1ccc(C(F)(F)F)cc1C(F)(F)F)c1ccc(F)cc1. The van der Waals surface area contributed by atoms with Gasteiger partial charge in [0.2, 0.25) is 23.4 Å². The number of rotatable bonds is 24. The third kappa shape index (κ3) is 15.0. The number of aryl methyl sites for hydroxylation is 1. The van der Waals surface area contributed by atoms with Crippen LogP contribution in [0.3, 0.4) is 0 Å². The van der Waals surface area contributed by atoms with Crippen LogP contribution >= 0.6 is 0 Å². The number of hydrogen-bond donors (Lipinski definition) is 3. The quantitative estimate of drug-likeness (QED) is 0.0333. The summed E-state index contributed by atoms with van der Waals surface area (Å²) in [5, 5.41) is 5.35. The predicted molar refractivity (Wildman–Crippen MR) is 238 cm³/mol. The molecular weight excluding hydrogens is 923 g/mol. The molecule has 366 valence electrons.